The summed E-state index contributed by atoms with van der Waals surface area (Å²) >= 11 is 1.42. The third kappa shape index (κ3) is 1.05. The molecular weight excluding hydrogens is 200 g/mol. The number of hydrogen-bond acceptors (Lipinski definition) is 3. The van der Waals surface area contributed by atoms with Crippen LogP contribution in [0.15, 0.2) is 15.7 Å². The number of rotatable bonds is 0. The van der Waals surface area contributed by atoms with Crippen LogP contribution in [0.3, 0.4) is 0 Å². The molecule has 14 heavy (non-hydrogen) atoms. The summed E-state index contributed by atoms with van der Waals surface area (Å²) in [5, 5.41) is 0. The molecule has 2 heterocycles. The molecule has 0 saturated carbocycles. The van der Waals surface area contributed by atoms with Crippen molar-refractivity contribution < 1.29 is 0 Å². The zero-order valence-electron chi connectivity index (χ0n) is 8.20. The molecule has 0 radical (unpaired) electrons. The van der Waals surface area contributed by atoms with Crippen molar-refractivity contribution in [1.82, 2.24) is 9.13 Å². The number of hydrogen-bond donors (Lipinski definition) is 0. The van der Waals surface area contributed by atoms with Gasteiger partial charge in [-0.25, -0.2) is 4.79 Å². The standard InChI is InChI=1S/C9H10N2O2S/c1-5-4-6-7(14-5)8(12)11(3)9(13)10(6)2/h4H,1-3H3. The van der Waals surface area contributed by atoms with Crippen molar-refractivity contribution >= 4 is 21.6 Å². The molecule has 0 bridgehead atoms. The van der Waals surface area contributed by atoms with Gasteiger partial charge < -0.3 is 0 Å². The first kappa shape index (κ1) is 9.21. The highest BCUT2D eigenvalue weighted by Gasteiger charge is 2.10. The average Bonchev–Trinajstić information content (AvgIpc) is 2.54. The fourth-order valence-corrected chi connectivity index (χ4v) is 2.49. The third-order valence-electron chi connectivity index (χ3n) is 2.27. The van der Waals surface area contributed by atoms with E-state index in [0.717, 1.165) is 15.0 Å². The van der Waals surface area contributed by atoms with Crippen LogP contribution < -0.4 is 11.2 Å². The Morgan fingerprint density at radius 1 is 1.21 bits per heavy atom. The molecule has 0 N–H and O–H groups in total. The summed E-state index contributed by atoms with van der Waals surface area (Å²) in [7, 11) is 3.18. The lowest BCUT2D eigenvalue weighted by molar-refractivity contribution is 0.715. The van der Waals surface area contributed by atoms with Crippen molar-refractivity contribution in [2.45, 2.75) is 6.92 Å². The Bertz CT molecular complexity index is 618. The summed E-state index contributed by atoms with van der Waals surface area (Å²) in [4.78, 5) is 24.3. The SMILES string of the molecule is Cc1cc2c(s1)c(=O)n(C)c(=O)n2C. The smallest absolute Gasteiger partial charge is 0.295 e. The van der Waals surface area contributed by atoms with E-state index in [2.05, 4.69) is 0 Å². The van der Waals surface area contributed by atoms with Crippen LogP contribution in [-0.2, 0) is 14.1 Å². The third-order valence-corrected chi connectivity index (χ3v) is 3.30. The summed E-state index contributed by atoms with van der Waals surface area (Å²) in [5.74, 6) is 0. The van der Waals surface area contributed by atoms with Gasteiger partial charge in [-0.05, 0) is 13.0 Å². The lowest BCUT2D eigenvalue weighted by atomic mass is 10.4. The molecule has 0 aromatic carbocycles. The zero-order chi connectivity index (χ0) is 10.5. The second-order valence-electron chi connectivity index (χ2n) is 3.28. The van der Waals surface area contributed by atoms with Crippen LogP contribution in [0.5, 0.6) is 0 Å². The topological polar surface area (TPSA) is 44.0 Å². The highest BCUT2D eigenvalue weighted by Crippen LogP contribution is 2.19. The van der Waals surface area contributed by atoms with Crippen molar-refractivity contribution in [3.63, 3.8) is 0 Å². The number of fused-ring (bicyclic) bond motifs is 1. The molecular formula is C9H10N2O2S. The van der Waals surface area contributed by atoms with Gasteiger partial charge in [0.15, 0.2) is 0 Å². The molecule has 2 rings (SSSR count). The molecule has 0 spiro atoms. The quantitative estimate of drug-likeness (QED) is 0.639. The Hall–Kier alpha value is -1.36. The van der Waals surface area contributed by atoms with Crippen molar-refractivity contribution in [1.29, 1.82) is 0 Å². The molecule has 74 valence electrons. The van der Waals surface area contributed by atoms with Crippen molar-refractivity contribution in [3.8, 4) is 0 Å². The molecule has 0 fully saturated rings. The van der Waals surface area contributed by atoms with E-state index in [1.165, 1.54) is 23.0 Å². The zero-order valence-corrected chi connectivity index (χ0v) is 9.01. The number of thiophene rings is 1. The molecule has 5 heteroatoms. The largest absolute Gasteiger partial charge is 0.330 e. The lowest BCUT2D eigenvalue weighted by Gasteiger charge is -2.01. The van der Waals surface area contributed by atoms with E-state index in [1.807, 2.05) is 13.0 Å². The lowest BCUT2D eigenvalue weighted by Crippen LogP contribution is -2.36. The first-order valence-electron chi connectivity index (χ1n) is 4.18. The minimum absolute atomic E-state index is 0.207. The number of aromatic nitrogens is 2. The second kappa shape index (κ2) is 2.81. The van der Waals surface area contributed by atoms with Crippen LogP contribution in [0.25, 0.3) is 10.2 Å². The van der Waals surface area contributed by atoms with Gasteiger partial charge in [0.05, 0.1) is 5.52 Å². The van der Waals surface area contributed by atoms with Gasteiger partial charge >= 0.3 is 5.69 Å². The van der Waals surface area contributed by atoms with E-state index >= 15 is 0 Å². The maximum atomic E-state index is 11.7. The average molecular weight is 210 g/mol. The van der Waals surface area contributed by atoms with E-state index in [-0.39, 0.29) is 11.2 Å². The summed E-state index contributed by atoms with van der Waals surface area (Å²) in [5.41, 5.74) is 0.238. The molecule has 4 nitrogen and oxygen atoms in total. The first-order chi connectivity index (χ1) is 6.52. The van der Waals surface area contributed by atoms with Crippen LogP contribution in [0.1, 0.15) is 4.88 Å². The van der Waals surface area contributed by atoms with E-state index in [1.54, 1.807) is 7.05 Å². The van der Waals surface area contributed by atoms with Crippen LogP contribution in [0.2, 0.25) is 0 Å². The summed E-state index contributed by atoms with van der Waals surface area (Å²) < 4.78 is 3.28. The monoisotopic (exact) mass is 210 g/mol. The first-order valence-corrected chi connectivity index (χ1v) is 5.00. The number of aryl methyl sites for hydroxylation is 2. The van der Waals surface area contributed by atoms with Crippen LogP contribution in [-0.4, -0.2) is 9.13 Å². The van der Waals surface area contributed by atoms with Crippen molar-refractivity contribution in [2.24, 2.45) is 14.1 Å². The van der Waals surface area contributed by atoms with E-state index in [4.69, 9.17) is 0 Å². The fraction of sp³-hybridized carbons (Fsp3) is 0.333. The van der Waals surface area contributed by atoms with Gasteiger partial charge in [0.1, 0.15) is 4.70 Å². The van der Waals surface area contributed by atoms with Gasteiger partial charge in [-0.2, -0.15) is 0 Å². The Morgan fingerprint density at radius 2 is 1.86 bits per heavy atom. The molecule has 0 aliphatic rings. The predicted molar refractivity (Wildman–Crippen MR) is 57.0 cm³/mol. The number of nitrogens with zero attached hydrogens (tertiary/aromatic N) is 2. The highest BCUT2D eigenvalue weighted by molar-refractivity contribution is 7.18. The van der Waals surface area contributed by atoms with Crippen molar-refractivity contribution in [2.75, 3.05) is 0 Å². The van der Waals surface area contributed by atoms with Crippen molar-refractivity contribution in [3.05, 3.63) is 31.8 Å². The summed E-state index contributed by atoms with van der Waals surface area (Å²) in [6, 6.07) is 1.86. The van der Waals surface area contributed by atoms with Gasteiger partial charge in [0.2, 0.25) is 0 Å². The molecule has 0 aliphatic heterocycles. The Labute approximate surface area is 84.0 Å². The molecule has 0 amide bonds. The van der Waals surface area contributed by atoms with Gasteiger partial charge in [-0.3, -0.25) is 13.9 Å². The minimum Gasteiger partial charge on any atom is -0.295 e. The second-order valence-corrected chi connectivity index (χ2v) is 4.53. The summed E-state index contributed by atoms with van der Waals surface area (Å²) in [6.45, 7) is 1.93. The molecule has 0 saturated heterocycles. The van der Waals surface area contributed by atoms with E-state index < -0.39 is 0 Å². The molecule has 0 unspecified atom stereocenters. The van der Waals surface area contributed by atoms with Gasteiger partial charge in [-0.15, -0.1) is 11.3 Å². The van der Waals surface area contributed by atoms with Crippen LogP contribution in [0.4, 0.5) is 0 Å². The van der Waals surface area contributed by atoms with Gasteiger partial charge in [0, 0.05) is 19.0 Å². The molecule has 2 aromatic rings. The van der Waals surface area contributed by atoms with Crippen LogP contribution in [0, 0.1) is 6.92 Å². The van der Waals surface area contributed by atoms with Crippen LogP contribution >= 0.6 is 11.3 Å². The maximum absolute atomic E-state index is 11.7. The fourth-order valence-electron chi connectivity index (χ4n) is 1.47. The Morgan fingerprint density at radius 3 is 2.50 bits per heavy atom. The normalized spacial score (nSPS) is 11.1. The molecule has 0 atom stereocenters. The van der Waals surface area contributed by atoms with Gasteiger partial charge in [-0.1, -0.05) is 0 Å². The maximum Gasteiger partial charge on any atom is 0.330 e. The summed E-state index contributed by atoms with van der Waals surface area (Å²) in [6.07, 6.45) is 0. The highest BCUT2D eigenvalue weighted by atomic mass is 32.1. The van der Waals surface area contributed by atoms with Gasteiger partial charge in [0.25, 0.3) is 5.56 Å². The van der Waals surface area contributed by atoms with E-state index in [9.17, 15) is 9.59 Å². The molecule has 0 aliphatic carbocycles. The minimum atomic E-state index is -0.277. The Balaban J connectivity index is 3.17. The Kier molecular flexibility index (Phi) is 1.85. The predicted octanol–water partition coefficient (Wildman–Crippen LogP) is 0.607. The molecule has 2 aromatic heterocycles. The van der Waals surface area contributed by atoms with E-state index in [0.29, 0.717) is 4.70 Å².